The number of anilines is 1. The van der Waals surface area contributed by atoms with Gasteiger partial charge in [-0.25, -0.2) is 4.79 Å². The van der Waals surface area contributed by atoms with Gasteiger partial charge < -0.3 is 10.5 Å². The molecular formula is C15H19N3O2. The van der Waals surface area contributed by atoms with E-state index in [1.807, 2.05) is 18.2 Å². The molecule has 1 aromatic carbocycles. The Labute approximate surface area is 118 Å². The number of aryl methyl sites for hydroxylation is 2. The number of carbonyl (C=O) groups is 1. The van der Waals surface area contributed by atoms with E-state index in [9.17, 15) is 4.79 Å². The zero-order valence-electron chi connectivity index (χ0n) is 11.6. The van der Waals surface area contributed by atoms with Crippen molar-refractivity contribution in [3.05, 3.63) is 47.7 Å². The Morgan fingerprint density at radius 1 is 1.35 bits per heavy atom. The minimum Gasteiger partial charge on any atom is -0.462 e. The smallest absolute Gasteiger partial charge is 0.343 e. The van der Waals surface area contributed by atoms with Gasteiger partial charge in [0.05, 0.1) is 6.61 Å². The molecule has 2 N–H and O–H groups in total. The molecule has 1 heterocycles. The van der Waals surface area contributed by atoms with Gasteiger partial charge in [0.1, 0.15) is 5.56 Å². The Morgan fingerprint density at radius 3 is 2.80 bits per heavy atom. The molecule has 0 radical (unpaired) electrons. The largest absolute Gasteiger partial charge is 0.462 e. The quantitative estimate of drug-likeness (QED) is 0.820. The molecule has 0 saturated carbocycles. The zero-order chi connectivity index (χ0) is 14.4. The van der Waals surface area contributed by atoms with Crippen LogP contribution < -0.4 is 5.73 Å². The third-order valence-corrected chi connectivity index (χ3v) is 2.98. The summed E-state index contributed by atoms with van der Waals surface area (Å²) in [5.74, 6) is -0.192. The lowest BCUT2D eigenvalue weighted by atomic mass is 10.1. The van der Waals surface area contributed by atoms with E-state index >= 15 is 0 Å². The van der Waals surface area contributed by atoms with E-state index in [0.717, 1.165) is 19.4 Å². The van der Waals surface area contributed by atoms with Crippen LogP contribution in [0, 0.1) is 0 Å². The molecule has 0 aliphatic rings. The van der Waals surface area contributed by atoms with Gasteiger partial charge in [0, 0.05) is 12.7 Å². The van der Waals surface area contributed by atoms with E-state index in [2.05, 4.69) is 17.2 Å². The van der Waals surface area contributed by atoms with E-state index in [4.69, 9.17) is 10.5 Å². The van der Waals surface area contributed by atoms with Gasteiger partial charge in [-0.3, -0.25) is 4.68 Å². The van der Waals surface area contributed by atoms with Crippen molar-refractivity contribution < 1.29 is 9.53 Å². The monoisotopic (exact) mass is 273 g/mol. The molecule has 0 aliphatic carbocycles. The van der Waals surface area contributed by atoms with Gasteiger partial charge in [0.2, 0.25) is 0 Å². The van der Waals surface area contributed by atoms with Gasteiger partial charge in [-0.2, -0.15) is 5.10 Å². The van der Waals surface area contributed by atoms with Crippen LogP contribution in [0.4, 0.5) is 5.82 Å². The zero-order valence-corrected chi connectivity index (χ0v) is 11.6. The van der Waals surface area contributed by atoms with Crippen molar-refractivity contribution in [2.45, 2.75) is 26.3 Å². The molecule has 5 nitrogen and oxygen atoms in total. The topological polar surface area (TPSA) is 70.1 Å². The molecule has 2 rings (SSSR count). The van der Waals surface area contributed by atoms with E-state index in [1.54, 1.807) is 17.8 Å². The van der Waals surface area contributed by atoms with Crippen LogP contribution >= 0.6 is 0 Å². The molecule has 20 heavy (non-hydrogen) atoms. The number of nitrogen functional groups attached to an aromatic ring is 1. The Morgan fingerprint density at radius 2 is 2.10 bits per heavy atom. The number of nitrogens with two attached hydrogens (primary N) is 1. The summed E-state index contributed by atoms with van der Waals surface area (Å²) < 4.78 is 6.62. The highest BCUT2D eigenvalue weighted by atomic mass is 16.5. The number of esters is 1. The SMILES string of the molecule is CCOC(=O)c1cn(CCCc2ccccc2)nc1N. The number of hydrogen-bond donors (Lipinski definition) is 1. The highest BCUT2D eigenvalue weighted by molar-refractivity contribution is 5.93. The van der Waals surface area contributed by atoms with Crippen molar-refractivity contribution in [3.8, 4) is 0 Å². The first-order valence-corrected chi connectivity index (χ1v) is 6.74. The molecule has 0 atom stereocenters. The number of benzene rings is 1. The number of rotatable bonds is 6. The molecule has 106 valence electrons. The third-order valence-electron chi connectivity index (χ3n) is 2.98. The highest BCUT2D eigenvalue weighted by Gasteiger charge is 2.14. The maximum absolute atomic E-state index is 11.6. The minimum atomic E-state index is -0.417. The lowest BCUT2D eigenvalue weighted by Gasteiger charge is -2.02. The van der Waals surface area contributed by atoms with Crippen LogP contribution in [-0.2, 0) is 17.7 Å². The summed E-state index contributed by atoms with van der Waals surface area (Å²) in [5, 5.41) is 4.14. The number of nitrogens with zero attached hydrogens (tertiary/aromatic N) is 2. The van der Waals surface area contributed by atoms with Crippen molar-refractivity contribution >= 4 is 11.8 Å². The molecule has 1 aromatic heterocycles. The summed E-state index contributed by atoms with van der Waals surface area (Å²) in [6.45, 7) is 2.81. The van der Waals surface area contributed by atoms with Gasteiger partial charge in [-0.05, 0) is 25.3 Å². The fourth-order valence-electron chi connectivity index (χ4n) is 2.01. The van der Waals surface area contributed by atoms with Gasteiger partial charge in [0.25, 0.3) is 0 Å². The highest BCUT2D eigenvalue weighted by Crippen LogP contribution is 2.12. The van der Waals surface area contributed by atoms with Gasteiger partial charge in [-0.15, -0.1) is 0 Å². The second-order valence-electron chi connectivity index (χ2n) is 4.50. The first-order chi connectivity index (χ1) is 9.70. The van der Waals surface area contributed by atoms with Crippen LogP contribution in [0.5, 0.6) is 0 Å². The number of ether oxygens (including phenoxy) is 1. The van der Waals surface area contributed by atoms with E-state index in [-0.39, 0.29) is 5.82 Å². The van der Waals surface area contributed by atoms with E-state index in [1.165, 1.54) is 5.56 Å². The molecule has 5 heteroatoms. The van der Waals surface area contributed by atoms with Crippen LogP contribution in [0.3, 0.4) is 0 Å². The molecule has 0 aliphatic heterocycles. The Bertz CT molecular complexity index is 564. The van der Waals surface area contributed by atoms with Crippen molar-refractivity contribution in [3.63, 3.8) is 0 Å². The third kappa shape index (κ3) is 3.60. The lowest BCUT2D eigenvalue weighted by Crippen LogP contribution is -2.06. The lowest BCUT2D eigenvalue weighted by molar-refractivity contribution is 0.0527. The van der Waals surface area contributed by atoms with Crippen molar-refractivity contribution in [1.29, 1.82) is 0 Å². The van der Waals surface area contributed by atoms with Crippen molar-refractivity contribution in [2.24, 2.45) is 0 Å². The molecule has 0 bridgehead atoms. The first kappa shape index (κ1) is 14.1. The standard InChI is InChI=1S/C15H19N3O2/c1-2-20-15(19)13-11-18(17-14(13)16)10-6-9-12-7-4-3-5-8-12/h3-5,7-8,11H,2,6,9-10H2,1H3,(H2,16,17). The summed E-state index contributed by atoms with van der Waals surface area (Å²) in [7, 11) is 0. The van der Waals surface area contributed by atoms with Gasteiger partial charge in [-0.1, -0.05) is 30.3 Å². The summed E-state index contributed by atoms with van der Waals surface area (Å²) in [6, 6.07) is 10.3. The van der Waals surface area contributed by atoms with E-state index < -0.39 is 5.97 Å². The van der Waals surface area contributed by atoms with Crippen LogP contribution in [0.2, 0.25) is 0 Å². The predicted octanol–water partition coefficient (Wildman–Crippen LogP) is 2.27. The van der Waals surface area contributed by atoms with Gasteiger partial charge in [0.15, 0.2) is 5.82 Å². The van der Waals surface area contributed by atoms with E-state index in [0.29, 0.717) is 12.2 Å². The average molecular weight is 273 g/mol. The number of hydrogen-bond acceptors (Lipinski definition) is 4. The normalized spacial score (nSPS) is 10.4. The predicted molar refractivity (Wildman–Crippen MR) is 77.4 cm³/mol. The molecular weight excluding hydrogens is 254 g/mol. The molecule has 0 amide bonds. The van der Waals surface area contributed by atoms with Gasteiger partial charge >= 0.3 is 5.97 Å². The second-order valence-corrected chi connectivity index (χ2v) is 4.50. The molecule has 0 spiro atoms. The molecule has 0 unspecified atom stereocenters. The molecule has 0 fully saturated rings. The van der Waals surface area contributed by atoms with Crippen molar-refractivity contribution in [2.75, 3.05) is 12.3 Å². The van der Waals surface area contributed by atoms with Crippen LogP contribution in [0.15, 0.2) is 36.5 Å². The minimum absolute atomic E-state index is 0.225. The van der Waals surface area contributed by atoms with Crippen LogP contribution in [0.25, 0.3) is 0 Å². The Balaban J connectivity index is 1.91. The summed E-state index contributed by atoms with van der Waals surface area (Å²) in [6.07, 6.45) is 3.56. The van der Waals surface area contributed by atoms with Crippen LogP contribution in [-0.4, -0.2) is 22.4 Å². The fraction of sp³-hybridized carbons (Fsp3) is 0.333. The fourth-order valence-corrected chi connectivity index (χ4v) is 2.01. The Kier molecular flexibility index (Phi) is 4.76. The summed E-state index contributed by atoms with van der Waals surface area (Å²) in [4.78, 5) is 11.6. The maximum atomic E-state index is 11.6. The maximum Gasteiger partial charge on any atom is 0.343 e. The average Bonchev–Trinajstić information content (AvgIpc) is 2.81. The second kappa shape index (κ2) is 6.75. The van der Waals surface area contributed by atoms with Crippen molar-refractivity contribution in [1.82, 2.24) is 9.78 Å². The Hall–Kier alpha value is -2.30. The number of carbonyl (C=O) groups excluding carboxylic acids is 1. The summed E-state index contributed by atoms with van der Waals surface area (Å²) in [5.41, 5.74) is 7.35. The first-order valence-electron chi connectivity index (χ1n) is 6.74. The summed E-state index contributed by atoms with van der Waals surface area (Å²) >= 11 is 0. The van der Waals surface area contributed by atoms with Crippen LogP contribution in [0.1, 0.15) is 29.3 Å². The molecule has 0 saturated heterocycles. The number of aromatic nitrogens is 2. The molecule has 2 aromatic rings.